The van der Waals surface area contributed by atoms with E-state index in [0.29, 0.717) is 11.5 Å². The third-order valence-corrected chi connectivity index (χ3v) is 2.57. The Labute approximate surface area is 99.3 Å². The van der Waals surface area contributed by atoms with Crippen molar-refractivity contribution in [3.8, 4) is 17.0 Å². The largest absolute Gasteiger partial charge is 0.497 e. The molecule has 0 aliphatic carbocycles. The number of benzene rings is 1. The van der Waals surface area contributed by atoms with E-state index in [0.717, 1.165) is 16.9 Å². The topological polar surface area (TPSA) is 55.0 Å². The van der Waals surface area contributed by atoms with E-state index in [4.69, 9.17) is 4.74 Å². The van der Waals surface area contributed by atoms with Crippen LogP contribution in [0.25, 0.3) is 11.3 Å². The van der Waals surface area contributed by atoms with Gasteiger partial charge >= 0.3 is 0 Å². The minimum Gasteiger partial charge on any atom is -0.497 e. The van der Waals surface area contributed by atoms with Crippen LogP contribution in [0, 0.1) is 13.8 Å². The minimum atomic E-state index is -0.136. The third kappa shape index (κ3) is 2.36. The number of ether oxygens (including phenoxy) is 1. The lowest BCUT2D eigenvalue weighted by atomic mass is 10.1. The van der Waals surface area contributed by atoms with Gasteiger partial charge in [-0.25, -0.2) is 4.98 Å². The summed E-state index contributed by atoms with van der Waals surface area (Å²) in [6.45, 7) is 3.74. The van der Waals surface area contributed by atoms with E-state index in [1.54, 1.807) is 14.0 Å². The summed E-state index contributed by atoms with van der Waals surface area (Å²) in [6, 6.07) is 7.20. The average Bonchev–Trinajstić information content (AvgIpc) is 2.27. The van der Waals surface area contributed by atoms with Crippen molar-refractivity contribution in [2.45, 2.75) is 13.8 Å². The highest BCUT2D eigenvalue weighted by molar-refractivity contribution is 5.64. The number of rotatable bonds is 2. The lowest BCUT2D eigenvalue weighted by Gasteiger charge is -2.07. The summed E-state index contributed by atoms with van der Waals surface area (Å²) < 4.78 is 5.15. The summed E-state index contributed by atoms with van der Waals surface area (Å²) in [5, 5.41) is 0. The highest BCUT2D eigenvalue weighted by Gasteiger charge is 2.06. The predicted molar refractivity (Wildman–Crippen MR) is 66.3 cm³/mol. The Morgan fingerprint density at radius 2 is 2.00 bits per heavy atom. The molecule has 0 unspecified atom stereocenters. The van der Waals surface area contributed by atoms with Gasteiger partial charge in [0.25, 0.3) is 5.56 Å². The second-order valence-electron chi connectivity index (χ2n) is 3.90. The molecule has 0 aliphatic rings. The smallest absolute Gasteiger partial charge is 0.251 e. The zero-order chi connectivity index (χ0) is 12.4. The molecular weight excluding hydrogens is 216 g/mol. The van der Waals surface area contributed by atoms with Crippen molar-refractivity contribution in [3.63, 3.8) is 0 Å². The second kappa shape index (κ2) is 4.41. The molecule has 0 atom stereocenters. The number of aryl methyl sites for hydroxylation is 2. The van der Waals surface area contributed by atoms with Crippen LogP contribution in [0.2, 0.25) is 0 Å². The fourth-order valence-electron chi connectivity index (χ4n) is 1.77. The van der Waals surface area contributed by atoms with Crippen LogP contribution in [0.15, 0.2) is 29.1 Å². The molecule has 2 aromatic rings. The number of aromatic nitrogens is 2. The van der Waals surface area contributed by atoms with Crippen molar-refractivity contribution < 1.29 is 4.74 Å². The van der Waals surface area contributed by atoms with Gasteiger partial charge in [0.2, 0.25) is 0 Å². The van der Waals surface area contributed by atoms with Crippen LogP contribution >= 0.6 is 0 Å². The van der Waals surface area contributed by atoms with Crippen LogP contribution in [0.4, 0.5) is 0 Å². The number of nitrogens with one attached hydrogen (secondary N) is 1. The first kappa shape index (κ1) is 11.4. The van der Waals surface area contributed by atoms with Gasteiger partial charge in [0, 0.05) is 11.6 Å². The van der Waals surface area contributed by atoms with Gasteiger partial charge in [-0.3, -0.25) is 4.79 Å². The van der Waals surface area contributed by atoms with Crippen molar-refractivity contribution in [2.75, 3.05) is 7.11 Å². The Hall–Kier alpha value is -2.10. The fourth-order valence-corrected chi connectivity index (χ4v) is 1.77. The first-order chi connectivity index (χ1) is 8.10. The van der Waals surface area contributed by atoms with Crippen molar-refractivity contribution in [1.29, 1.82) is 0 Å². The van der Waals surface area contributed by atoms with E-state index < -0.39 is 0 Å². The molecule has 1 aromatic heterocycles. The Balaban J connectivity index is 2.56. The quantitative estimate of drug-likeness (QED) is 0.859. The first-order valence-electron chi connectivity index (χ1n) is 5.33. The standard InChI is InChI=1S/C13H14N2O2/c1-8-6-10(17-3)4-5-11(8)12-7-13(16)15-9(2)14-12/h4-7H,1-3H3,(H,14,15,16). The van der Waals surface area contributed by atoms with Gasteiger partial charge in [-0.1, -0.05) is 0 Å². The van der Waals surface area contributed by atoms with Crippen molar-refractivity contribution in [1.82, 2.24) is 9.97 Å². The number of nitrogens with zero attached hydrogens (tertiary/aromatic N) is 1. The van der Waals surface area contributed by atoms with Crippen LogP contribution in [-0.4, -0.2) is 17.1 Å². The Kier molecular flexibility index (Phi) is 2.95. The zero-order valence-electron chi connectivity index (χ0n) is 10.1. The summed E-state index contributed by atoms with van der Waals surface area (Å²) in [5.74, 6) is 1.41. The molecule has 1 heterocycles. The van der Waals surface area contributed by atoms with Gasteiger partial charge < -0.3 is 9.72 Å². The molecule has 17 heavy (non-hydrogen) atoms. The Morgan fingerprint density at radius 1 is 1.24 bits per heavy atom. The zero-order valence-corrected chi connectivity index (χ0v) is 10.1. The van der Waals surface area contributed by atoms with Gasteiger partial charge in [0.15, 0.2) is 0 Å². The molecule has 0 spiro atoms. The summed E-state index contributed by atoms with van der Waals surface area (Å²) in [7, 11) is 1.63. The fraction of sp³-hybridized carbons (Fsp3) is 0.231. The molecule has 0 bridgehead atoms. The molecule has 4 nitrogen and oxygen atoms in total. The van der Waals surface area contributed by atoms with Gasteiger partial charge in [0.1, 0.15) is 11.6 Å². The number of methoxy groups -OCH3 is 1. The minimum absolute atomic E-state index is 0.136. The summed E-state index contributed by atoms with van der Waals surface area (Å²) in [5.41, 5.74) is 2.52. The highest BCUT2D eigenvalue weighted by atomic mass is 16.5. The normalized spacial score (nSPS) is 10.3. The van der Waals surface area contributed by atoms with Gasteiger partial charge in [-0.05, 0) is 37.6 Å². The molecule has 4 heteroatoms. The summed E-state index contributed by atoms with van der Waals surface area (Å²) >= 11 is 0. The van der Waals surface area contributed by atoms with E-state index in [-0.39, 0.29) is 5.56 Å². The van der Waals surface area contributed by atoms with Crippen molar-refractivity contribution in [2.24, 2.45) is 0 Å². The lowest BCUT2D eigenvalue weighted by Crippen LogP contribution is -2.08. The van der Waals surface area contributed by atoms with E-state index in [9.17, 15) is 4.79 Å². The maximum Gasteiger partial charge on any atom is 0.251 e. The van der Waals surface area contributed by atoms with Gasteiger partial charge in [-0.15, -0.1) is 0 Å². The molecular formula is C13H14N2O2. The van der Waals surface area contributed by atoms with E-state index in [1.807, 2.05) is 25.1 Å². The van der Waals surface area contributed by atoms with Crippen molar-refractivity contribution in [3.05, 3.63) is 46.0 Å². The maximum atomic E-state index is 11.4. The molecule has 0 saturated carbocycles. The molecule has 1 aromatic carbocycles. The van der Waals surface area contributed by atoms with E-state index in [2.05, 4.69) is 9.97 Å². The van der Waals surface area contributed by atoms with Crippen LogP contribution in [-0.2, 0) is 0 Å². The van der Waals surface area contributed by atoms with Crippen LogP contribution < -0.4 is 10.3 Å². The molecule has 2 rings (SSSR count). The molecule has 0 radical (unpaired) electrons. The average molecular weight is 230 g/mol. The molecule has 0 amide bonds. The van der Waals surface area contributed by atoms with Crippen LogP contribution in [0.3, 0.4) is 0 Å². The second-order valence-corrected chi connectivity index (χ2v) is 3.90. The third-order valence-electron chi connectivity index (χ3n) is 2.57. The number of hydrogen-bond donors (Lipinski definition) is 1. The molecule has 1 N–H and O–H groups in total. The molecule has 88 valence electrons. The summed E-state index contributed by atoms with van der Waals surface area (Å²) in [6.07, 6.45) is 0. The van der Waals surface area contributed by atoms with Gasteiger partial charge in [-0.2, -0.15) is 0 Å². The maximum absolute atomic E-state index is 11.4. The highest BCUT2D eigenvalue weighted by Crippen LogP contribution is 2.24. The van der Waals surface area contributed by atoms with Crippen LogP contribution in [0.1, 0.15) is 11.4 Å². The van der Waals surface area contributed by atoms with Crippen molar-refractivity contribution >= 4 is 0 Å². The van der Waals surface area contributed by atoms with E-state index >= 15 is 0 Å². The number of aromatic amines is 1. The van der Waals surface area contributed by atoms with Crippen LogP contribution in [0.5, 0.6) is 5.75 Å². The Bertz CT molecular complexity index is 603. The number of hydrogen-bond acceptors (Lipinski definition) is 3. The SMILES string of the molecule is COc1ccc(-c2cc(=O)[nH]c(C)n2)c(C)c1. The predicted octanol–water partition coefficient (Wildman–Crippen LogP) is 2.06. The Morgan fingerprint density at radius 3 is 2.59 bits per heavy atom. The van der Waals surface area contributed by atoms with Gasteiger partial charge in [0.05, 0.1) is 12.8 Å². The monoisotopic (exact) mass is 230 g/mol. The number of H-pyrrole nitrogens is 1. The first-order valence-corrected chi connectivity index (χ1v) is 5.33. The molecule has 0 saturated heterocycles. The molecule has 0 aliphatic heterocycles. The molecule has 0 fully saturated rings. The summed E-state index contributed by atoms with van der Waals surface area (Å²) in [4.78, 5) is 18.4. The van der Waals surface area contributed by atoms with E-state index in [1.165, 1.54) is 6.07 Å². The lowest BCUT2D eigenvalue weighted by molar-refractivity contribution is 0.414.